The minimum atomic E-state index is 0.153. The number of anilines is 1. The Labute approximate surface area is 93.2 Å². The fourth-order valence-electron chi connectivity index (χ4n) is 1.45. The zero-order valence-corrected chi connectivity index (χ0v) is 10.1. The van der Waals surface area contributed by atoms with Crippen molar-refractivity contribution in [2.45, 2.75) is 6.42 Å². The van der Waals surface area contributed by atoms with E-state index in [2.05, 4.69) is 31.9 Å². The number of hydrogen-bond donors (Lipinski definition) is 0. The summed E-state index contributed by atoms with van der Waals surface area (Å²) in [4.78, 5) is 13.0. The van der Waals surface area contributed by atoms with Crippen molar-refractivity contribution in [2.24, 2.45) is 0 Å². The van der Waals surface area contributed by atoms with E-state index in [1.807, 2.05) is 12.1 Å². The topological polar surface area (TPSA) is 20.3 Å². The predicted molar refractivity (Wildman–Crippen MR) is 59.0 cm³/mol. The van der Waals surface area contributed by atoms with Crippen molar-refractivity contribution >= 4 is 43.5 Å². The molecule has 0 atom stereocenters. The number of likely N-dealkylation sites (N-methyl/N-ethyl adjacent to an activating group) is 1. The second-order valence-electron chi connectivity index (χ2n) is 3.02. The third-order valence-corrected chi connectivity index (χ3v) is 4.04. The summed E-state index contributed by atoms with van der Waals surface area (Å²) in [6.07, 6.45) is 0.512. The molecule has 0 spiro atoms. The van der Waals surface area contributed by atoms with Crippen molar-refractivity contribution in [1.29, 1.82) is 0 Å². The third kappa shape index (κ3) is 1.42. The summed E-state index contributed by atoms with van der Waals surface area (Å²) in [6, 6.07) is 3.95. The zero-order chi connectivity index (χ0) is 9.59. The Morgan fingerprint density at radius 3 is 2.62 bits per heavy atom. The number of hydrogen-bond acceptors (Lipinski definition) is 1. The lowest BCUT2D eigenvalue weighted by atomic mass is 10.2. The highest BCUT2D eigenvalue weighted by atomic mass is 79.9. The SMILES string of the molecule is CN1C(=O)Cc2cc(Br)c(Br)cc21. The van der Waals surface area contributed by atoms with Gasteiger partial charge in [0.25, 0.3) is 0 Å². The van der Waals surface area contributed by atoms with E-state index in [4.69, 9.17) is 0 Å². The summed E-state index contributed by atoms with van der Waals surface area (Å²) in [5, 5.41) is 0. The van der Waals surface area contributed by atoms with Gasteiger partial charge in [-0.25, -0.2) is 0 Å². The maximum atomic E-state index is 11.3. The smallest absolute Gasteiger partial charge is 0.231 e. The van der Waals surface area contributed by atoms with Gasteiger partial charge in [0, 0.05) is 21.7 Å². The third-order valence-electron chi connectivity index (χ3n) is 2.20. The molecule has 0 saturated carbocycles. The molecule has 0 aromatic heterocycles. The minimum absolute atomic E-state index is 0.153. The zero-order valence-electron chi connectivity index (χ0n) is 6.97. The Kier molecular flexibility index (Phi) is 2.20. The first-order chi connectivity index (χ1) is 6.09. The van der Waals surface area contributed by atoms with Gasteiger partial charge < -0.3 is 4.90 Å². The molecule has 0 bridgehead atoms. The normalized spacial score (nSPS) is 15.0. The van der Waals surface area contributed by atoms with Crippen LogP contribution in [0.1, 0.15) is 5.56 Å². The largest absolute Gasteiger partial charge is 0.315 e. The number of fused-ring (bicyclic) bond motifs is 1. The van der Waals surface area contributed by atoms with Crippen molar-refractivity contribution in [3.8, 4) is 0 Å². The summed E-state index contributed by atoms with van der Waals surface area (Å²) in [6.45, 7) is 0. The van der Waals surface area contributed by atoms with Crippen LogP contribution in [0, 0.1) is 0 Å². The van der Waals surface area contributed by atoms with Gasteiger partial charge in [0.05, 0.1) is 6.42 Å². The van der Waals surface area contributed by atoms with Crippen LogP contribution < -0.4 is 4.90 Å². The Hall–Kier alpha value is -0.350. The molecule has 1 aliphatic heterocycles. The molecule has 1 heterocycles. The molecule has 1 aromatic rings. The van der Waals surface area contributed by atoms with Crippen molar-refractivity contribution in [2.75, 3.05) is 11.9 Å². The first kappa shape index (κ1) is 9.21. The number of carbonyl (C=O) groups is 1. The summed E-state index contributed by atoms with van der Waals surface area (Å²) < 4.78 is 1.97. The van der Waals surface area contributed by atoms with Crippen LogP contribution >= 0.6 is 31.9 Å². The van der Waals surface area contributed by atoms with Crippen LogP contribution in [0.5, 0.6) is 0 Å². The second kappa shape index (κ2) is 3.10. The average Bonchev–Trinajstić information content (AvgIpc) is 2.32. The van der Waals surface area contributed by atoms with E-state index < -0.39 is 0 Å². The van der Waals surface area contributed by atoms with E-state index in [1.54, 1.807) is 11.9 Å². The molecule has 13 heavy (non-hydrogen) atoms. The first-order valence-corrected chi connectivity index (χ1v) is 5.42. The van der Waals surface area contributed by atoms with Crippen LogP contribution in [-0.4, -0.2) is 13.0 Å². The van der Waals surface area contributed by atoms with E-state index in [9.17, 15) is 4.79 Å². The minimum Gasteiger partial charge on any atom is -0.315 e. The fourth-order valence-corrected chi connectivity index (χ4v) is 2.17. The maximum absolute atomic E-state index is 11.3. The lowest BCUT2D eigenvalue weighted by Crippen LogP contribution is -2.20. The van der Waals surface area contributed by atoms with E-state index in [0.717, 1.165) is 20.2 Å². The summed E-state index contributed by atoms with van der Waals surface area (Å²) in [5.41, 5.74) is 2.09. The molecule has 0 fully saturated rings. The molecule has 1 amide bonds. The summed E-state index contributed by atoms with van der Waals surface area (Å²) >= 11 is 6.82. The fraction of sp³-hybridized carbons (Fsp3) is 0.222. The van der Waals surface area contributed by atoms with Crippen molar-refractivity contribution < 1.29 is 4.79 Å². The highest BCUT2D eigenvalue weighted by Gasteiger charge is 2.24. The standard InChI is InChI=1S/C9H7Br2NO/c1-12-8-4-7(11)6(10)2-5(8)3-9(12)13/h2,4H,3H2,1H3. The molecule has 68 valence electrons. The van der Waals surface area contributed by atoms with Crippen LogP contribution in [0.4, 0.5) is 5.69 Å². The maximum Gasteiger partial charge on any atom is 0.231 e. The molecular weight excluding hydrogens is 298 g/mol. The lowest BCUT2D eigenvalue weighted by molar-refractivity contribution is -0.117. The molecule has 2 nitrogen and oxygen atoms in total. The van der Waals surface area contributed by atoms with Gasteiger partial charge in [0.1, 0.15) is 0 Å². The Morgan fingerprint density at radius 1 is 1.31 bits per heavy atom. The number of amides is 1. The van der Waals surface area contributed by atoms with Crippen LogP contribution in [0.2, 0.25) is 0 Å². The molecule has 2 rings (SSSR count). The van der Waals surface area contributed by atoms with Gasteiger partial charge in [-0.05, 0) is 49.6 Å². The Bertz CT molecular complexity index is 389. The number of halogens is 2. The number of rotatable bonds is 0. The monoisotopic (exact) mass is 303 g/mol. The van der Waals surface area contributed by atoms with Crippen LogP contribution in [-0.2, 0) is 11.2 Å². The average molecular weight is 305 g/mol. The van der Waals surface area contributed by atoms with Gasteiger partial charge >= 0.3 is 0 Å². The highest BCUT2D eigenvalue weighted by molar-refractivity contribution is 9.13. The van der Waals surface area contributed by atoms with E-state index in [-0.39, 0.29) is 5.91 Å². The number of carbonyl (C=O) groups excluding carboxylic acids is 1. The van der Waals surface area contributed by atoms with Crippen molar-refractivity contribution in [1.82, 2.24) is 0 Å². The van der Waals surface area contributed by atoms with Gasteiger partial charge in [-0.3, -0.25) is 4.79 Å². The van der Waals surface area contributed by atoms with Crippen LogP contribution in [0.15, 0.2) is 21.1 Å². The molecule has 0 unspecified atom stereocenters. The van der Waals surface area contributed by atoms with Gasteiger partial charge in [0.2, 0.25) is 5.91 Å². The van der Waals surface area contributed by atoms with Gasteiger partial charge in [-0.1, -0.05) is 0 Å². The number of nitrogens with zero attached hydrogens (tertiary/aromatic N) is 1. The first-order valence-electron chi connectivity index (χ1n) is 3.84. The molecule has 0 radical (unpaired) electrons. The second-order valence-corrected chi connectivity index (χ2v) is 4.73. The lowest BCUT2D eigenvalue weighted by Gasteiger charge is -2.10. The van der Waals surface area contributed by atoms with E-state index in [0.29, 0.717) is 6.42 Å². The summed E-state index contributed by atoms with van der Waals surface area (Å²) in [7, 11) is 1.80. The van der Waals surface area contributed by atoms with Gasteiger partial charge in [-0.15, -0.1) is 0 Å². The Balaban J connectivity index is 2.59. The summed E-state index contributed by atoms with van der Waals surface area (Å²) in [5.74, 6) is 0.153. The van der Waals surface area contributed by atoms with E-state index in [1.165, 1.54) is 0 Å². The molecular formula is C9H7Br2NO. The van der Waals surface area contributed by atoms with Gasteiger partial charge in [0.15, 0.2) is 0 Å². The van der Waals surface area contributed by atoms with Crippen molar-refractivity contribution in [3.05, 3.63) is 26.6 Å². The van der Waals surface area contributed by atoms with Gasteiger partial charge in [-0.2, -0.15) is 0 Å². The molecule has 4 heteroatoms. The Morgan fingerprint density at radius 2 is 1.92 bits per heavy atom. The molecule has 0 aliphatic carbocycles. The van der Waals surface area contributed by atoms with Crippen LogP contribution in [0.3, 0.4) is 0 Å². The molecule has 0 saturated heterocycles. The highest BCUT2D eigenvalue weighted by Crippen LogP contribution is 2.35. The molecule has 1 aliphatic rings. The number of benzene rings is 1. The molecule has 0 N–H and O–H groups in total. The van der Waals surface area contributed by atoms with E-state index >= 15 is 0 Å². The quantitative estimate of drug-likeness (QED) is 0.722. The molecule has 1 aromatic carbocycles. The predicted octanol–water partition coefficient (Wildman–Crippen LogP) is 2.73. The van der Waals surface area contributed by atoms with Crippen molar-refractivity contribution in [3.63, 3.8) is 0 Å². The van der Waals surface area contributed by atoms with Crippen LogP contribution in [0.25, 0.3) is 0 Å².